The number of unbranched alkanes of at least 4 members (excludes halogenated alkanes) is 5. The van der Waals surface area contributed by atoms with E-state index in [1.165, 1.54) is 12.8 Å². The Kier molecular flexibility index (Phi) is 10.2. The Morgan fingerprint density at radius 3 is 2.52 bits per heavy atom. The quantitative estimate of drug-likeness (QED) is 0.283. The van der Waals surface area contributed by atoms with Crippen LogP contribution in [0.1, 0.15) is 78.1 Å². The fourth-order valence-electron chi connectivity index (χ4n) is 2.77. The van der Waals surface area contributed by atoms with Crippen LogP contribution < -0.4 is 0 Å². The first-order valence-electron chi connectivity index (χ1n) is 9.29. The lowest BCUT2D eigenvalue weighted by molar-refractivity contribution is -0.141. The van der Waals surface area contributed by atoms with Gasteiger partial charge in [0.05, 0.1) is 18.1 Å². The van der Waals surface area contributed by atoms with E-state index >= 15 is 0 Å². The molecule has 0 amide bonds. The summed E-state index contributed by atoms with van der Waals surface area (Å²) in [5, 5.41) is 18.6. The van der Waals surface area contributed by atoms with Crippen LogP contribution in [0.2, 0.25) is 0 Å². The molecule has 4 heteroatoms. The average molecular weight is 326 g/mol. The first-order chi connectivity index (χ1) is 11.0. The number of aliphatic carboxylic acids is 1. The largest absolute Gasteiger partial charge is 0.481 e. The van der Waals surface area contributed by atoms with Gasteiger partial charge in [0.2, 0.25) is 0 Å². The molecule has 0 aromatic carbocycles. The maximum Gasteiger partial charge on any atom is 0.306 e. The average Bonchev–Trinajstić information content (AvgIpc) is 3.27. The Hall–Kier alpha value is -0.870. The normalized spacial score (nSPS) is 23.1. The van der Waals surface area contributed by atoms with Crippen molar-refractivity contribution in [3.05, 3.63) is 12.2 Å². The van der Waals surface area contributed by atoms with Gasteiger partial charge in [-0.1, -0.05) is 70.9 Å². The summed E-state index contributed by atoms with van der Waals surface area (Å²) in [4.78, 5) is 10.7. The number of ether oxygens (including phenoxy) is 1. The van der Waals surface area contributed by atoms with Gasteiger partial charge in [0.25, 0.3) is 0 Å². The van der Waals surface area contributed by atoms with Crippen molar-refractivity contribution >= 4 is 5.97 Å². The topological polar surface area (TPSA) is 70.1 Å². The van der Waals surface area contributed by atoms with Gasteiger partial charge < -0.3 is 14.9 Å². The number of carboxylic acid groups (broad SMARTS) is 1. The van der Waals surface area contributed by atoms with E-state index < -0.39 is 5.97 Å². The highest BCUT2D eigenvalue weighted by Crippen LogP contribution is 2.29. The molecule has 23 heavy (non-hydrogen) atoms. The smallest absolute Gasteiger partial charge is 0.306 e. The number of aliphatic hydroxyl groups is 1. The Morgan fingerprint density at radius 1 is 1.13 bits per heavy atom. The van der Waals surface area contributed by atoms with Crippen LogP contribution in [0.3, 0.4) is 0 Å². The van der Waals surface area contributed by atoms with Gasteiger partial charge in [-0.15, -0.1) is 0 Å². The van der Waals surface area contributed by atoms with Gasteiger partial charge in [0.1, 0.15) is 6.10 Å². The van der Waals surface area contributed by atoms with Gasteiger partial charge in [-0.25, -0.2) is 0 Å². The summed E-state index contributed by atoms with van der Waals surface area (Å²) in [7, 11) is 0. The molecule has 1 rings (SSSR count). The number of rotatable bonds is 14. The second-order valence-electron chi connectivity index (χ2n) is 6.82. The molecule has 1 aliphatic rings. The molecule has 4 atom stereocenters. The second-order valence-corrected chi connectivity index (χ2v) is 6.82. The third-order valence-corrected chi connectivity index (χ3v) is 4.55. The summed E-state index contributed by atoms with van der Waals surface area (Å²) in [6, 6.07) is 0. The standard InChI is InChI=1S/C19H34O4/c1-3-4-7-11-16(20)13-14-18-17(23-18)12-9-6-5-8-10-15(2)19(21)22/h13-18,20H,3-12H2,1-2H3,(H,21,22)/t15?,16-,17-,18+/m0/s1. The SMILES string of the molecule is CCCCC[C@H](O)C=C[C@H]1O[C@H]1CCCCCCC(C)C(=O)O. The Balaban J connectivity index is 1.95. The summed E-state index contributed by atoms with van der Waals surface area (Å²) in [6.45, 7) is 3.94. The number of hydrogen-bond acceptors (Lipinski definition) is 3. The van der Waals surface area contributed by atoms with E-state index in [1.54, 1.807) is 6.92 Å². The van der Waals surface area contributed by atoms with Crippen LogP contribution >= 0.6 is 0 Å². The van der Waals surface area contributed by atoms with Crippen molar-refractivity contribution in [3.8, 4) is 0 Å². The number of aliphatic hydroxyl groups excluding tert-OH is 1. The molecule has 1 unspecified atom stereocenters. The molecule has 0 saturated carbocycles. The second kappa shape index (κ2) is 11.6. The van der Waals surface area contributed by atoms with E-state index in [4.69, 9.17) is 9.84 Å². The van der Waals surface area contributed by atoms with Crippen molar-refractivity contribution in [2.24, 2.45) is 5.92 Å². The van der Waals surface area contributed by atoms with Gasteiger partial charge in [-0.2, -0.15) is 0 Å². The lowest BCUT2D eigenvalue weighted by Gasteiger charge is -2.05. The minimum Gasteiger partial charge on any atom is -0.481 e. The molecule has 4 nitrogen and oxygen atoms in total. The van der Waals surface area contributed by atoms with Crippen LogP contribution in [0, 0.1) is 5.92 Å². The minimum absolute atomic E-state index is 0.197. The summed E-state index contributed by atoms with van der Waals surface area (Å²) >= 11 is 0. The summed E-state index contributed by atoms with van der Waals surface area (Å²) in [5.74, 6) is -0.914. The van der Waals surface area contributed by atoms with Crippen LogP contribution in [0.5, 0.6) is 0 Å². The zero-order valence-electron chi connectivity index (χ0n) is 14.7. The van der Waals surface area contributed by atoms with E-state index in [-0.39, 0.29) is 18.1 Å². The van der Waals surface area contributed by atoms with E-state index in [2.05, 4.69) is 6.92 Å². The lowest BCUT2D eigenvalue weighted by Crippen LogP contribution is -2.08. The first kappa shape index (κ1) is 20.2. The first-order valence-corrected chi connectivity index (χ1v) is 9.29. The van der Waals surface area contributed by atoms with Crippen molar-refractivity contribution in [2.45, 2.75) is 96.4 Å². The molecule has 134 valence electrons. The molecule has 0 bridgehead atoms. The van der Waals surface area contributed by atoms with Crippen LogP contribution in [-0.2, 0) is 9.53 Å². The van der Waals surface area contributed by atoms with E-state index in [9.17, 15) is 9.90 Å². The fraction of sp³-hybridized carbons (Fsp3) is 0.842. The molecule has 1 saturated heterocycles. The van der Waals surface area contributed by atoms with E-state index in [0.29, 0.717) is 6.10 Å². The van der Waals surface area contributed by atoms with Crippen LogP contribution in [0.4, 0.5) is 0 Å². The molecule has 2 N–H and O–H groups in total. The predicted octanol–water partition coefficient (Wildman–Crippen LogP) is 4.31. The molecule has 0 spiro atoms. The van der Waals surface area contributed by atoms with Crippen molar-refractivity contribution in [1.82, 2.24) is 0 Å². The Morgan fingerprint density at radius 2 is 1.83 bits per heavy atom. The number of carboxylic acids is 1. The van der Waals surface area contributed by atoms with Gasteiger partial charge in [-0.3, -0.25) is 4.79 Å². The van der Waals surface area contributed by atoms with Crippen LogP contribution in [0.25, 0.3) is 0 Å². The van der Waals surface area contributed by atoms with E-state index in [1.807, 2.05) is 12.2 Å². The summed E-state index contributed by atoms with van der Waals surface area (Å²) in [5.41, 5.74) is 0. The molecule has 1 aliphatic heterocycles. The highest BCUT2D eigenvalue weighted by atomic mass is 16.6. The Labute approximate surface area is 140 Å². The highest BCUT2D eigenvalue weighted by molar-refractivity contribution is 5.69. The predicted molar refractivity (Wildman–Crippen MR) is 92.5 cm³/mol. The molecular weight excluding hydrogens is 292 g/mol. The monoisotopic (exact) mass is 326 g/mol. The van der Waals surface area contributed by atoms with Crippen molar-refractivity contribution in [1.29, 1.82) is 0 Å². The van der Waals surface area contributed by atoms with Gasteiger partial charge >= 0.3 is 5.97 Å². The molecule has 0 aromatic heterocycles. The third-order valence-electron chi connectivity index (χ3n) is 4.55. The van der Waals surface area contributed by atoms with Crippen molar-refractivity contribution in [2.75, 3.05) is 0 Å². The molecule has 0 radical (unpaired) electrons. The van der Waals surface area contributed by atoms with Crippen LogP contribution in [-0.4, -0.2) is 34.5 Å². The fourth-order valence-corrected chi connectivity index (χ4v) is 2.77. The molecule has 0 aliphatic carbocycles. The summed E-state index contributed by atoms with van der Waals surface area (Å²) in [6.07, 6.45) is 14.6. The maximum atomic E-state index is 10.7. The molecule has 1 heterocycles. The molecule has 0 aromatic rings. The van der Waals surface area contributed by atoms with Gasteiger partial charge in [0.15, 0.2) is 0 Å². The van der Waals surface area contributed by atoms with Gasteiger partial charge in [0, 0.05) is 0 Å². The lowest BCUT2D eigenvalue weighted by atomic mass is 10.0. The molecule has 1 fully saturated rings. The number of epoxide rings is 1. The van der Waals surface area contributed by atoms with Gasteiger partial charge in [-0.05, 0) is 19.3 Å². The zero-order valence-corrected chi connectivity index (χ0v) is 14.7. The van der Waals surface area contributed by atoms with Crippen LogP contribution in [0.15, 0.2) is 12.2 Å². The van der Waals surface area contributed by atoms with Crippen molar-refractivity contribution < 1.29 is 19.7 Å². The minimum atomic E-state index is -0.692. The zero-order chi connectivity index (χ0) is 17.1. The summed E-state index contributed by atoms with van der Waals surface area (Å²) < 4.78 is 5.59. The Bertz CT molecular complexity index is 353. The number of carbonyl (C=O) groups is 1. The number of hydrogen-bond donors (Lipinski definition) is 2. The third kappa shape index (κ3) is 9.77. The highest BCUT2D eigenvalue weighted by Gasteiger charge is 2.35. The maximum absolute atomic E-state index is 10.7. The van der Waals surface area contributed by atoms with Crippen molar-refractivity contribution in [3.63, 3.8) is 0 Å². The van der Waals surface area contributed by atoms with E-state index in [0.717, 1.165) is 51.4 Å². The molecular formula is C19H34O4.